The Morgan fingerprint density at radius 1 is 1.13 bits per heavy atom. The third kappa shape index (κ3) is 5.83. The first-order chi connectivity index (χ1) is 15.1. The summed E-state index contributed by atoms with van der Waals surface area (Å²) in [5.74, 6) is 2.84. The Hall–Kier alpha value is -1.98. The Morgan fingerprint density at radius 3 is 2.65 bits per heavy atom. The van der Waals surface area contributed by atoms with Gasteiger partial charge in [-0.15, -0.1) is 11.8 Å². The standard InChI is InChI=1S/C26H34N2O2S/c1-20-19-31-25-9-8-24(30-2)17-23(25)18-28(20)26(29)12-15-27-13-10-22(11-14-27)16-21-6-4-3-5-7-21/h3-9,17,20,22H,10-16,18-19H2,1-2H3. The van der Waals surface area contributed by atoms with Crippen LogP contribution in [0.5, 0.6) is 5.75 Å². The topological polar surface area (TPSA) is 32.8 Å². The molecule has 4 rings (SSSR count). The maximum absolute atomic E-state index is 13.1. The van der Waals surface area contributed by atoms with Gasteiger partial charge in [-0.05, 0) is 74.5 Å². The molecule has 2 aliphatic heterocycles. The number of hydrogen-bond donors (Lipinski definition) is 0. The van der Waals surface area contributed by atoms with Crippen LogP contribution in [-0.2, 0) is 17.8 Å². The van der Waals surface area contributed by atoms with E-state index in [9.17, 15) is 4.79 Å². The summed E-state index contributed by atoms with van der Waals surface area (Å²) in [6.07, 6.45) is 4.25. The number of likely N-dealkylation sites (tertiary alicyclic amines) is 1. The van der Waals surface area contributed by atoms with E-state index in [0.717, 1.165) is 37.1 Å². The van der Waals surface area contributed by atoms with Crippen molar-refractivity contribution in [2.45, 2.75) is 50.1 Å². The fourth-order valence-corrected chi connectivity index (χ4v) is 5.75. The molecule has 0 aromatic heterocycles. The van der Waals surface area contributed by atoms with E-state index >= 15 is 0 Å². The van der Waals surface area contributed by atoms with Crippen LogP contribution in [0, 0.1) is 5.92 Å². The number of benzene rings is 2. The zero-order chi connectivity index (χ0) is 21.6. The highest BCUT2D eigenvalue weighted by atomic mass is 32.2. The average molecular weight is 439 g/mol. The van der Waals surface area contributed by atoms with Crippen LogP contribution >= 0.6 is 11.8 Å². The Balaban J connectivity index is 1.27. The zero-order valence-electron chi connectivity index (χ0n) is 18.8. The van der Waals surface area contributed by atoms with Gasteiger partial charge in [0.15, 0.2) is 0 Å². The van der Waals surface area contributed by atoms with Gasteiger partial charge in [-0.3, -0.25) is 4.79 Å². The number of piperidine rings is 1. The molecule has 0 N–H and O–H groups in total. The van der Waals surface area contributed by atoms with Gasteiger partial charge < -0.3 is 14.5 Å². The Bertz CT molecular complexity index is 865. The summed E-state index contributed by atoms with van der Waals surface area (Å²) >= 11 is 1.85. The Labute approximate surface area is 191 Å². The molecule has 1 amide bonds. The van der Waals surface area contributed by atoms with Gasteiger partial charge in [0, 0.05) is 36.2 Å². The number of carbonyl (C=O) groups excluding carboxylic acids is 1. The van der Waals surface area contributed by atoms with Crippen LogP contribution in [0.15, 0.2) is 53.4 Å². The average Bonchev–Trinajstić information content (AvgIpc) is 2.97. The second-order valence-electron chi connectivity index (χ2n) is 8.88. The molecule has 0 bridgehead atoms. The first-order valence-corrected chi connectivity index (χ1v) is 12.5. The smallest absolute Gasteiger partial charge is 0.224 e. The number of fused-ring (bicyclic) bond motifs is 1. The summed E-state index contributed by atoms with van der Waals surface area (Å²) in [5, 5.41) is 0. The van der Waals surface area contributed by atoms with Gasteiger partial charge in [0.05, 0.1) is 7.11 Å². The maximum Gasteiger partial charge on any atom is 0.224 e. The molecule has 0 spiro atoms. The van der Waals surface area contributed by atoms with Crippen molar-refractivity contribution in [3.63, 3.8) is 0 Å². The lowest BCUT2D eigenvalue weighted by atomic mass is 9.90. The van der Waals surface area contributed by atoms with Crippen LogP contribution in [0.3, 0.4) is 0 Å². The molecule has 1 fully saturated rings. The van der Waals surface area contributed by atoms with E-state index in [4.69, 9.17) is 4.74 Å². The van der Waals surface area contributed by atoms with Crippen molar-refractivity contribution in [3.8, 4) is 5.75 Å². The fourth-order valence-electron chi connectivity index (χ4n) is 4.68. The molecule has 1 saturated heterocycles. The lowest BCUT2D eigenvalue weighted by Gasteiger charge is -2.33. The number of hydrogen-bond acceptors (Lipinski definition) is 4. The third-order valence-electron chi connectivity index (χ3n) is 6.66. The number of amides is 1. The number of nitrogens with zero attached hydrogens (tertiary/aromatic N) is 2. The van der Waals surface area contributed by atoms with Gasteiger partial charge in [0.25, 0.3) is 0 Å². The van der Waals surface area contributed by atoms with E-state index in [1.54, 1.807) is 7.11 Å². The number of methoxy groups -OCH3 is 1. The second-order valence-corrected chi connectivity index (χ2v) is 9.94. The van der Waals surface area contributed by atoms with Crippen LogP contribution < -0.4 is 4.74 Å². The Kier molecular flexibility index (Phi) is 7.57. The lowest BCUT2D eigenvalue weighted by Crippen LogP contribution is -2.41. The molecule has 0 aliphatic carbocycles. The van der Waals surface area contributed by atoms with Crippen molar-refractivity contribution < 1.29 is 9.53 Å². The molecular formula is C26H34N2O2S. The van der Waals surface area contributed by atoms with Gasteiger partial charge in [-0.25, -0.2) is 0 Å². The minimum atomic E-state index is 0.243. The zero-order valence-corrected chi connectivity index (χ0v) is 19.6. The number of ether oxygens (including phenoxy) is 1. The highest BCUT2D eigenvalue weighted by molar-refractivity contribution is 7.99. The number of rotatable bonds is 6. The minimum Gasteiger partial charge on any atom is -0.497 e. The molecular weight excluding hydrogens is 404 g/mol. The molecule has 166 valence electrons. The minimum absolute atomic E-state index is 0.243. The van der Waals surface area contributed by atoms with Gasteiger partial charge in [0.2, 0.25) is 5.91 Å². The largest absolute Gasteiger partial charge is 0.497 e. The van der Waals surface area contributed by atoms with E-state index in [0.29, 0.717) is 13.0 Å². The molecule has 0 radical (unpaired) electrons. The normalized spacial score (nSPS) is 20.2. The predicted molar refractivity (Wildman–Crippen MR) is 128 cm³/mol. The van der Waals surface area contributed by atoms with Crippen LogP contribution in [0.2, 0.25) is 0 Å². The van der Waals surface area contributed by atoms with Crippen molar-refractivity contribution in [2.24, 2.45) is 5.92 Å². The SMILES string of the molecule is COc1ccc2c(c1)CN(C(=O)CCN1CCC(Cc3ccccc3)CC1)C(C)CS2. The highest BCUT2D eigenvalue weighted by Crippen LogP contribution is 2.33. The van der Waals surface area contributed by atoms with Gasteiger partial charge in [0.1, 0.15) is 5.75 Å². The van der Waals surface area contributed by atoms with E-state index in [-0.39, 0.29) is 11.9 Å². The van der Waals surface area contributed by atoms with Crippen molar-refractivity contribution in [3.05, 3.63) is 59.7 Å². The molecule has 31 heavy (non-hydrogen) atoms. The van der Waals surface area contributed by atoms with Crippen molar-refractivity contribution in [1.29, 1.82) is 0 Å². The molecule has 0 saturated carbocycles. The molecule has 2 heterocycles. The Morgan fingerprint density at radius 2 is 1.90 bits per heavy atom. The first-order valence-electron chi connectivity index (χ1n) is 11.5. The van der Waals surface area contributed by atoms with Crippen molar-refractivity contribution in [1.82, 2.24) is 9.80 Å². The molecule has 4 nitrogen and oxygen atoms in total. The van der Waals surface area contributed by atoms with Crippen LogP contribution in [0.1, 0.15) is 37.3 Å². The maximum atomic E-state index is 13.1. The van der Waals surface area contributed by atoms with E-state index in [1.807, 2.05) is 17.8 Å². The van der Waals surface area contributed by atoms with Crippen molar-refractivity contribution >= 4 is 17.7 Å². The van der Waals surface area contributed by atoms with Gasteiger partial charge >= 0.3 is 0 Å². The fraction of sp³-hybridized carbons (Fsp3) is 0.500. The molecule has 2 aromatic carbocycles. The van der Waals surface area contributed by atoms with E-state index < -0.39 is 0 Å². The van der Waals surface area contributed by atoms with Gasteiger partial charge in [-0.1, -0.05) is 30.3 Å². The quantitative estimate of drug-likeness (QED) is 0.645. The summed E-state index contributed by atoms with van der Waals surface area (Å²) in [7, 11) is 1.69. The second kappa shape index (κ2) is 10.6. The molecule has 2 aliphatic rings. The summed E-state index contributed by atoms with van der Waals surface area (Å²) in [6, 6.07) is 17.3. The predicted octanol–water partition coefficient (Wildman–Crippen LogP) is 4.86. The molecule has 1 atom stereocenters. The molecule has 2 aromatic rings. The summed E-state index contributed by atoms with van der Waals surface area (Å²) in [4.78, 5) is 18.9. The number of thioether (sulfide) groups is 1. The van der Waals surface area contributed by atoms with Crippen LogP contribution in [0.4, 0.5) is 0 Å². The van der Waals surface area contributed by atoms with Crippen molar-refractivity contribution in [2.75, 3.05) is 32.5 Å². The van der Waals surface area contributed by atoms with E-state index in [2.05, 4.69) is 59.2 Å². The molecule has 5 heteroatoms. The third-order valence-corrected chi connectivity index (χ3v) is 8.02. The van der Waals surface area contributed by atoms with Crippen LogP contribution in [0.25, 0.3) is 0 Å². The summed E-state index contributed by atoms with van der Waals surface area (Å²) in [6.45, 7) is 5.94. The van der Waals surface area contributed by atoms with Gasteiger partial charge in [-0.2, -0.15) is 0 Å². The summed E-state index contributed by atoms with van der Waals surface area (Å²) in [5.41, 5.74) is 2.64. The van der Waals surface area contributed by atoms with Crippen LogP contribution in [-0.4, -0.2) is 54.2 Å². The van der Waals surface area contributed by atoms with E-state index in [1.165, 1.54) is 35.3 Å². The first kappa shape index (κ1) is 22.2. The monoisotopic (exact) mass is 438 g/mol. The molecule has 1 unspecified atom stereocenters. The highest BCUT2D eigenvalue weighted by Gasteiger charge is 2.26. The lowest BCUT2D eigenvalue weighted by molar-refractivity contribution is -0.133. The summed E-state index contributed by atoms with van der Waals surface area (Å²) < 4.78 is 5.40. The number of carbonyl (C=O) groups is 1.